The SMILES string of the molecule is CCC/C=C/C=C/C=C/C=C/C=C/CCCCCCCC(=O)OCC(COCCC(C(=O)[O-])[N+](C)(C)C)OC(=O)CCCCCCCCCCCCCCCCC. The third kappa shape index (κ3) is 38.3. The van der Waals surface area contributed by atoms with E-state index in [0.717, 1.165) is 64.2 Å². The summed E-state index contributed by atoms with van der Waals surface area (Å²) >= 11 is 0. The van der Waals surface area contributed by atoms with E-state index >= 15 is 0 Å². The minimum absolute atomic E-state index is 0.0318. The normalized spacial score (nSPS) is 13.5. The number of carbonyl (C=O) groups excluding carboxylic acids is 3. The zero-order chi connectivity index (χ0) is 42.1. The van der Waals surface area contributed by atoms with E-state index < -0.39 is 18.1 Å². The van der Waals surface area contributed by atoms with Crippen LogP contribution in [0.15, 0.2) is 60.8 Å². The van der Waals surface area contributed by atoms with Crippen LogP contribution >= 0.6 is 0 Å². The molecule has 0 radical (unpaired) electrons. The lowest BCUT2D eigenvalue weighted by atomic mass is 10.0. The molecule has 8 heteroatoms. The molecule has 0 spiro atoms. The van der Waals surface area contributed by atoms with Crippen molar-refractivity contribution >= 4 is 17.9 Å². The van der Waals surface area contributed by atoms with Gasteiger partial charge >= 0.3 is 11.9 Å². The summed E-state index contributed by atoms with van der Waals surface area (Å²) < 4.78 is 17.2. The number of allylic oxidation sites excluding steroid dienone is 10. The first kappa shape index (κ1) is 54.0. The molecule has 8 nitrogen and oxygen atoms in total. The molecule has 328 valence electrons. The van der Waals surface area contributed by atoms with Crippen molar-refractivity contribution < 1.29 is 38.2 Å². The molecular formula is C49H85NO7. The highest BCUT2D eigenvalue weighted by molar-refractivity contribution is 5.70. The number of carboxylic acids is 1. The summed E-state index contributed by atoms with van der Waals surface area (Å²) in [7, 11) is 5.40. The Hall–Kier alpha value is -2.97. The van der Waals surface area contributed by atoms with Gasteiger partial charge in [-0.05, 0) is 32.1 Å². The van der Waals surface area contributed by atoms with Gasteiger partial charge in [0, 0.05) is 19.3 Å². The van der Waals surface area contributed by atoms with Gasteiger partial charge in [-0.15, -0.1) is 0 Å². The number of likely N-dealkylation sites (N-methyl/N-ethyl adjacent to an activating group) is 1. The molecule has 0 aliphatic heterocycles. The summed E-state index contributed by atoms with van der Waals surface area (Å²) in [6.45, 7) is 4.55. The fourth-order valence-corrected chi connectivity index (χ4v) is 6.45. The van der Waals surface area contributed by atoms with Crippen LogP contribution in [0.2, 0.25) is 0 Å². The predicted molar refractivity (Wildman–Crippen MR) is 236 cm³/mol. The molecule has 2 atom stereocenters. The van der Waals surface area contributed by atoms with Crippen molar-refractivity contribution in [3.63, 3.8) is 0 Å². The van der Waals surface area contributed by atoms with Gasteiger partial charge in [0.1, 0.15) is 12.6 Å². The maximum atomic E-state index is 12.7. The fraction of sp³-hybridized carbons (Fsp3) is 0.735. The van der Waals surface area contributed by atoms with Crippen LogP contribution in [0.1, 0.15) is 181 Å². The van der Waals surface area contributed by atoms with Crippen LogP contribution in [-0.2, 0) is 28.6 Å². The van der Waals surface area contributed by atoms with Crippen LogP contribution in [0.3, 0.4) is 0 Å². The maximum Gasteiger partial charge on any atom is 0.306 e. The molecule has 0 aliphatic carbocycles. The van der Waals surface area contributed by atoms with Gasteiger partial charge in [-0.1, -0.05) is 190 Å². The second kappa shape index (κ2) is 39.8. The van der Waals surface area contributed by atoms with Crippen molar-refractivity contribution in [2.75, 3.05) is 41.0 Å². The van der Waals surface area contributed by atoms with Gasteiger partial charge in [0.15, 0.2) is 6.10 Å². The van der Waals surface area contributed by atoms with Crippen molar-refractivity contribution in [2.45, 2.75) is 193 Å². The second-order valence-electron chi connectivity index (χ2n) is 16.4. The van der Waals surface area contributed by atoms with E-state index in [4.69, 9.17) is 14.2 Å². The van der Waals surface area contributed by atoms with Gasteiger partial charge in [-0.3, -0.25) is 9.59 Å². The number of esters is 2. The average Bonchev–Trinajstić information content (AvgIpc) is 3.17. The Kier molecular flexibility index (Phi) is 37.8. The topological polar surface area (TPSA) is 102 Å². The van der Waals surface area contributed by atoms with Crippen molar-refractivity contribution in [3.8, 4) is 0 Å². The molecule has 0 rings (SSSR count). The highest BCUT2D eigenvalue weighted by Crippen LogP contribution is 2.15. The Labute approximate surface area is 349 Å². The van der Waals surface area contributed by atoms with Gasteiger partial charge in [-0.25, -0.2) is 0 Å². The van der Waals surface area contributed by atoms with Crippen LogP contribution in [-0.4, -0.2) is 75.5 Å². The lowest BCUT2D eigenvalue weighted by Crippen LogP contribution is -2.55. The van der Waals surface area contributed by atoms with Gasteiger partial charge < -0.3 is 28.6 Å². The van der Waals surface area contributed by atoms with E-state index in [0.29, 0.717) is 12.8 Å². The molecule has 2 unspecified atom stereocenters. The number of ether oxygens (including phenoxy) is 3. The van der Waals surface area contributed by atoms with Gasteiger partial charge in [-0.2, -0.15) is 0 Å². The number of unbranched alkanes of at least 4 members (excludes halogenated alkanes) is 20. The number of hydrogen-bond donors (Lipinski definition) is 0. The number of nitrogens with zero attached hydrogens (tertiary/aromatic N) is 1. The van der Waals surface area contributed by atoms with Gasteiger partial charge in [0.25, 0.3) is 0 Å². The fourth-order valence-electron chi connectivity index (χ4n) is 6.45. The Bertz CT molecular complexity index is 1120. The molecule has 0 saturated carbocycles. The van der Waals surface area contributed by atoms with E-state index in [9.17, 15) is 19.5 Å². The molecule has 57 heavy (non-hydrogen) atoms. The summed E-state index contributed by atoms with van der Waals surface area (Å²) in [6, 6.07) is -0.731. The molecule has 0 heterocycles. The van der Waals surface area contributed by atoms with Gasteiger partial charge in [0.2, 0.25) is 0 Å². The van der Waals surface area contributed by atoms with Crippen molar-refractivity contribution in [3.05, 3.63) is 60.8 Å². The largest absolute Gasteiger partial charge is 0.544 e. The lowest BCUT2D eigenvalue weighted by molar-refractivity contribution is -0.889. The van der Waals surface area contributed by atoms with Gasteiger partial charge in [0.05, 0.1) is 40.3 Å². The quantitative estimate of drug-likeness (QED) is 0.0263. The summed E-state index contributed by atoms with van der Waals surface area (Å²) in [4.78, 5) is 36.9. The first-order chi connectivity index (χ1) is 27.6. The van der Waals surface area contributed by atoms with Crippen LogP contribution in [0.4, 0.5) is 0 Å². The average molecular weight is 800 g/mol. The standard InChI is InChI=1S/C49H85NO7/c1-6-8-10-12-14-16-18-20-22-23-24-26-27-29-31-33-35-37-39-47(51)56-44-45(43-55-42-41-46(49(53)54)50(3,4)5)57-48(52)40-38-36-34-32-30-28-25-21-19-17-15-13-11-9-7-2/h10,12,14,16,18,20,22-24,26,45-46H,6-9,11,13,15,17,19,21,25,27-44H2,1-5H3/b12-10+,16-14+,20-18+,23-22+,26-24+. The molecule has 0 aromatic rings. The van der Waals surface area contributed by atoms with Crippen LogP contribution < -0.4 is 5.11 Å². The van der Waals surface area contributed by atoms with E-state index in [1.54, 1.807) is 21.1 Å². The molecule has 0 bridgehead atoms. The Morgan fingerprint density at radius 2 is 0.965 bits per heavy atom. The molecule has 0 fully saturated rings. The number of rotatable bonds is 40. The predicted octanol–water partition coefficient (Wildman–Crippen LogP) is 11.2. The smallest absolute Gasteiger partial charge is 0.306 e. The Morgan fingerprint density at radius 3 is 1.44 bits per heavy atom. The first-order valence-electron chi connectivity index (χ1n) is 22.9. The van der Waals surface area contributed by atoms with Crippen molar-refractivity contribution in [1.29, 1.82) is 0 Å². The molecule has 0 saturated heterocycles. The number of quaternary nitrogens is 1. The number of carboxylic acid groups (broad SMARTS) is 1. The van der Waals surface area contributed by atoms with E-state index in [1.807, 2.05) is 36.5 Å². The zero-order valence-corrected chi connectivity index (χ0v) is 37.2. The monoisotopic (exact) mass is 800 g/mol. The molecule has 0 aromatic carbocycles. The molecule has 0 aliphatic rings. The Morgan fingerprint density at radius 1 is 0.526 bits per heavy atom. The minimum atomic E-state index is -1.13. The van der Waals surface area contributed by atoms with Crippen molar-refractivity contribution in [1.82, 2.24) is 0 Å². The third-order valence-electron chi connectivity index (χ3n) is 10.0. The number of aliphatic carboxylic acids is 1. The van der Waals surface area contributed by atoms with E-state index in [2.05, 4.69) is 38.2 Å². The molecule has 0 amide bonds. The zero-order valence-electron chi connectivity index (χ0n) is 37.2. The lowest BCUT2D eigenvalue weighted by Gasteiger charge is -2.34. The summed E-state index contributed by atoms with van der Waals surface area (Å²) in [5.74, 6) is -1.77. The highest BCUT2D eigenvalue weighted by atomic mass is 16.6. The number of carbonyl (C=O) groups is 3. The number of hydrogen-bond acceptors (Lipinski definition) is 7. The van der Waals surface area contributed by atoms with Crippen LogP contribution in [0, 0.1) is 0 Å². The van der Waals surface area contributed by atoms with Crippen LogP contribution in [0.5, 0.6) is 0 Å². The molecular weight excluding hydrogens is 715 g/mol. The van der Waals surface area contributed by atoms with Crippen LogP contribution in [0.25, 0.3) is 0 Å². The molecule has 0 aromatic heterocycles. The summed E-state index contributed by atoms with van der Waals surface area (Å²) in [5, 5.41) is 11.6. The maximum absolute atomic E-state index is 12.7. The third-order valence-corrected chi connectivity index (χ3v) is 10.0. The summed E-state index contributed by atoms with van der Waals surface area (Å²) in [5.41, 5.74) is 0. The van der Waals surface area contributed by atoms with E-state index in [1.165, 1.54) is 83.5 Å². The Balaban J connectivity index is 4.38. The minimum Gasteiger partial charge on any atom is -0.544 e. The summed E-state index contributed by atoms with van der Waals surface area (Å²) in [6.07, 6.45) is 48.0. The highest BCUT2D eigenvalue weighted by Gasteiger charge is 2.25. The molecule has 0 N–H and O–H groups in total. The van der Waals surface area contributed by atoms with E-state index in [-0.39, 0.29) is 42.7 Å². The first-order valence-corrected chi connectivity index (χ1v) is 22.9. The van der Waals surface area contributed by atoms with Crippen molar-refractivity contribution in [2.24, 2.45) is 0 Å². The second-order valence-corrected chi connectivity index (χ2v) is 16.4.